The molecular formula is C26H30N8O3. The van der Waals surface area contributed by atoms with Gasteiger partial charge in [0.2, 0.25) is 0 Å². The number of para-hydroxylation sites is 1. The number of nitrogens with one attached hydrogen (secondary N) is 2. The Hall–Kier alpha value is -4.25. The van der Waals surface area contributed by atoms with Crippen molar-refractivity contribution in [2.24, 2.45) is 7.05 Å². The summed E-state index contributed by atoms with van der Waals surface area (Å²) in [6.45, 7) is 3.81. The minimum atomic E-state index is -0.257. The van der Waals surface area contributed by atoms with Crippen LogP contribution in [0.1, 0.15) is 48.3 Å². The first-order chi connectivity index (χ1) is 17.9. The maximum absolute atomic E-state index is 12.7. The van der Waals surface area contributed by atoms with Gasteiger partial charge in [-0.1, -0.05) is 13.0 Å². The number of benzene rings is 1. The van der Waals surface area contributed by atoms with E-state index >= 15 is 0 Å². The first-order valence-electron chi connectivity index (χ1n) is 12.2. The predicted molar refractivity (Wildman–Crippen MR) is 140 cm³/mol. The fourth-order valence-corrected chi connectivity index (χ4v) is 4.49. The van der Waals surface area contributed by atoms with Crippen LogP contribution in [0.4, 0.5) is 23.0 Å². The van der Waals surface area contributed by atoms with Crippen molar-refractivity contribution in [1.82, 2.24) is 29.5 Å². The number of ether oxygens (including phenoxy) is 1. The molecule has 3 N–H and O–H groups in total. The number of methoxy groups -OCH3 is 1. The lowest BCUT2D eigenvalue weighted by molar-refractivity contribution is 0.0427. The molecule has 0 atom stereocenters. The minimum Gasteiger partial charge on any atom is -0.494 e. The van der Waals surface area contributed by atoms with Crippen molar-refractivity contribution < 1.29 is 14.6 Å². The zero-order chi connectivity index (χ0) is 26.1. The third-order valence-corrected chi connectivity index (χ3v) is 6.47. The molecule has 37 heavy (non-hydrogen) atoms. The second-order valence-electron chi connectivity index (χ2n) is 9.16. The van der Waals surface area contributed by atoms with Crippen LogP contribution in [0.15, 0.2) is 42.9 Å². The molecule has 1 aromatic carbocycles. The van der Waals surface area contributed by atoms with Crippen molar-refractivity contribution in [2.75, 3.05) is 17.7 Å². The Labute approximate surface area is 214 Å². The van der Waals surface area contributed by atoms with Gasteiger partial charge in [-0.2, -0.15) is 10.2 Å². The number of rotatable bonds is 9. The van der Waals surface area contributed by atoms with Crippen LogP contribution in [0.25, 0.3) is 11.4 Å². The zero-order valence-electron chi connectivity index (χ0n) is 21.3. The van der Waals surface area contributed by atoms with Crippen LogP contribution in [-0.2, 0) is 7.05 Å². The molecule has 0 aliphatic heterocycles. The topological polar surface area (TPSA) is 132 Å². The summed E-state index contributed by atoms with van der Waals surface area (Å²) in [5.41, 5.74) is 3.46. The average molecular weight is 503 g/mol. The average Bonchev–Trinajstić information content (AvgIpc) is 3.46. The smallest absolute Gasteiger partial charge is 0.184 e. The summed E-state index contributed by atoms with van der Waals surface area (Å²) < 4.78 is 9.29. The number of ketones is 1. The van der Waals surface area contributed by atoms with E-state index in [2.05, 4.69) is 30.8 Å². The van der Waals surface area contributed by atoms with E-state index < -0.39 is 0 Å². The number of aliphatic hydroxyl groups is 1. The molecule has 0 spiro atoms. The highest BCUT2D eigenvalue weighted by molar-refractivity contribution is 6.02. The van der Waals surface area contributed by atoms with Gasteiger partial charge in [0.1, 0.15) is 12.1 Å². The number of anilines is 4. The molecule has 192 valence electrons. The lowest BCUT2D eigenvalue weighted by Crippen LogP contribution is -2.31. The maximum atomic E-state index is 12.7. The van der Waals surface area contributed by atoms with Gasteiger partial charge in [-0.15, -0.1) is 0 Å². The molecule has 3 heterocycles. The number of carbonyl (C=O) groups is 1. The van der Waals surface area contributed by atoms with Gasteiger partial charge in [0, 0.05) is 37.5 Å². The van der Waals surface area contributed by atoms with Crippen molar-refractivity contribution >= 4 is 28.8 Å². The van der Waals surface area contributed by atoms with Crippen LogP contribution in [0.2, 0.25) is 0 Å². The summed E-state index contributed by atoms with van der Waals surface area (Å²) in [5, 5.41) is 25.3. The van der Waals surface area contributed by atoms with E-state index in [1.807, 2.05) is 42.8 Å². The summed E-state index contributed by atoms with van der Waals surface area (Å²) >= 11 is 0. The Morgan fingerprint density at radius 3 is 2.62 bits per heavy atom. The number of hydrogen-bond donors (Lipinski definition) is 3. The van der Waals surface area contributed by atoms with Gasteiger partial charge in [-0.3, -0.25) is 14.2 Å². The summed E-state index contributed by atoms with van der Waals surface area (Å²) in [5.74, 6) is 2.25. The van der Waals surface area contributed by atoms with E-state index in [-0.39, 0.29) is 17.9 Å². The van der Waals surface area contributed by atoms with Crippen LogP contribution in [0, 0.1) is 6.92 Å². The molecule has 0 amide bonds. The number of pyridine rings is 1. The minimum absolute atomic E-state index is 0.0354. The highest BCUT2D eigenvalue weighted by Gasteiger charge is 2.30. The summed E-state index contributed by atoms with van der Waals surface area (Å²) in [6.07, 6.45) is 4.69. The number of aliphatic hydroxyl groups excluding tert-OH is 1. The molecule has 0 unspecified atom stereocenters. The normalized spacial score (nSPS) is 16.8. The van der Waals surface area contributed by atoms with E-state index in [1.54, 1.807) is 37.4 Å². The first-order valence-corrected chi connectivity index (χ1v) is 12.2. The molecule has 0 saturated heterocycles. The highest BCUT2D eigenvalue weighted by atomic mass is 16.5. The molecule has 1 aliphatic carbocycles. The Balaban J connectivity index is 1.47. The van der Waals surface area contributed by atoms with Gasteiger partial charge in [-0.25, -0.2) is 9.97 Å². The second-order valence-corrected chi connectivity index (χ2v) is 9.16. The third-order valence-electron chi connectivity index (χ3n) is 6.47. The van der Waals surface area contributed by atoms with E-state index in [4.69, 9.17) is 4.74 Å². The molecule has 11 heteroatoms. The van der Waals surface area contributed by atoms with Gasteiger partial charge in [0.25, 0.3) is 0 Å². The number of Topliss-reactive ketones (excluding diaryl/α,β-unsaturated/α-hetero) is 1. The maximum Gasteiger partial charge on any atom is 0.184 e. The molecular weight excluding hydrogens is 472 g/mol. The van der Waals surface area contributed by atoms with Crippen molar-refractivity contribution in [1.29, 1.82) is 0 Å². The molecule has 0 bridgehead atoms. The van der Waals surface area contributed by atoms with Crippen LogP contribution in [0.5, 0.6) is 5.75 Å². The molecule has 5 rings (SSSR count). The van der Waals surface area contributed by atoms with E-state index in [0.29, 0.717) is 59.4 Å². The highest BCUT2D eigenvalue weighted by Crippen LogP contribution is 2.38. The molecule has 1 aliphatic rings. The summed E-state index contributed by atoms with van der Waals surface area (Å²) in [7, 11) is 3.39. The molecule has 1 saturated carbocycles. The lowest BCUT2D eigenvalue weighted by atomic mass is 9.89. The SMILES string of the molecule is CCC(=O)c1cnc(Nc2cc(C)n([C@H]3C[C@@H](O)C3)n2)cc1Nc1cccc(-c2ncn(C)n2)c1OC. The molecule has 11 nitrogen and oxygen atoms in total. The monoisotopic (exact) mass is 502 g/mol. The van der Waals surface area contributed by atoms with E-state index in [1.165, 1.54) is 0 Å². The quantitative estimate of drug-likeness (QED) is 0.289. The zero-order valence-corrected chi connectivity index (χ0v) is 21.3. The number of carbonyl (C=O) groups excluding carboxylic acids is 1. The Morgan fingerprint density at radius 1 is 1.14 bits per heavy atom. The van der Waals surface area contributed by atoms with Crippen molar-refractivity contribution in [3.63, 3.8) is 0 Å². The van der Waals surface area contributed by atoms with Gasteiger partial charge in [0.05, 0.1) is 41.8 Å². The Bertz CT molecular complexity index is 1440. The Morgan fingerprint density at radius 2 is 1.95 bits per heavy atom. The van der Waals surface area contributed by atoms with Gasteiger partial charge in [0.15, 0.2) is 23.2 Å². The van der Waals surface area contributed by atoms with Gasteiger partial charge < -0.3 is 20.5 Å². The van der Waals surface area contributed by atoms with Crippen molar-refractivity contribution in [2.45, 2.75) is 45.3 Å². The largest absolute Gasteiger partial charge is 0.494 e. The summed E-state index contributed by atoms with van der Waals surface area (Å²) in [6, 6.07) is 9.57. The van der Waals surface area contributed by atoms with Crippen LogP contribution < -0.4 is 15.4 Å². The Kier molecular flexibility index (Phi) is 6.62. The summed E-state index contributed by atoms with van der Waals surface area (Å²) in [4.78, 5) is 21.6. The number of aromatic nitrogens is 6. The number of nitrogens with zero attached hydrogens (tertiary/aromatic N) is 6. The van der Waals surface area contributed by atoms with Gasteiger partial charge in [-0.05, 0) is 31.9 Å². The van der Waals surface area contributed by atoms with E-state index in [0.717, 1.165) is 11.3 Å². The molecule has 0 radical (unpaired) electrons. The standard InChI is InChI=1S/C26H30N8O3/c1-5-22(36)19-13-27-23(30-24-9-15(2)34(31-24)16-10-17(35)11-16)12-21(19)29-20-8-6-7-18(25(20)37-4)26-28-14-33(3)32-26/h6-9,12-14,16-17,35H,5,10-11H2,1-4H3,(H2,27,29,30,31)/t16-,17+. The molecule has 4 aromatic rings. The lowest BCUT2D eigenvalue weighted by Gasteiger charge is -2.32. The first kappa shape index (κ1) is 24.4. The third kappa shape index (κ3) is 4.90. The van der Waals surface area contributed by atoms with Crippen LogP contribution in [-0.4, -0.2) is 53.6 Å². The van der Waals surface area contributed by atoms with E-state index in [9.17, 15) is 9.90 Å². The van der Waals surface area contributed by atoms with Crippen molar-refractivity contribution in [3.05, 3.63) is 54.1 Å². The second kappa shape index (κ2) is 10.0. The molecule has 1 fully saturated rings. The van der Waals surface area contributed by atoms with Crippen LogP contribution >= 0.6 is 0 Å². The number of aryl methyl sites for hydroxylation is 2. The fraction of sp³-hybridized carbons (Fsp3) is 0.346. The fourth-order valence-electron chi connectivity index (χ4n) is 4.49. The van der Waals surface area contributed by atoms with Crippen molar-refractivity contribution in [3.8, 4) is 17.1 Å². The predicted octanol–water partition coefficient (Wildman–Crippen LogP) is 4.17. The molecule has 3 aromatic heterocycles. The number of hydrogen-bond acceptors (Lipinski definition) is 9. The van der Waals surface area contributed by atoms with Gasteiger partial charge >= 0.3 is 0 Å². The van der Waals surface area contributed by atoms with Crippen LogP contribution in [0.3, 0.4) is 0 Å².